The second-order valence-corrected chi connectivity index (χ2v) is 6.55. The Kier molecular flexibility index (Phi) is 5.42. The fourth-order valence-corrected chi connectivity index (χ4v) is 3.25. The Hall–Kier alpha value is -0.120. The average Bonchev–Trinajstić information content (AvgIpc) is 2.18. The molecule has 1 aliphatic heterocycles. The first-order valence-electron chi connectivity index (χ1n) is 7.08. The van der Waals surface area contributed by atoms with Crippen LogP contribution in [0.4, 0.5) is 0 Å². The summed E-state index contributed by atoms with van der Waals surface area (Å²) in [6, 6.07) is 0.735. The lowest BCUT2D eigenvalue weighted by atomic mass is 9.81. The van der Waals surface area contributed by atoms with Gasteiger partial charge in [-0.2, -0.15) is 0 Å². The van der Waals surface area contributed by atoms with Gasteiger partial charge in [0.1, 0.15) is 0 Å². The molecule has 1 fully saturated rings. The molecule has 2 atom stereocenters. The zero-order valence-corrected chi connectivity index (χ0v) is 12.4. The predicted octanol–water partition coefficient (Wildman–Crippen LogP) is 1.78. The summed E-state index contributed by atoms with van der Waals surface area (Å²) in [6.45, 7) is 17.3. The van der Waals surface area contributed by atoms with Crippen molar-refractivity contribution in [3.05, 3.63) is 0 Å². The molecule has 0 amide bonds. The van der Waals surface area contributed by atoms with Crippen molar-refractivity contribution in [1.82, 2.24) is 9.80 Å². The fourth-order valence-electron chi connectivity index (χ4n) is 3.25. The van der Waals surface area contributed by atoms with Crippen molar-refractivity contribution in [3.8, 4) is 0 Å². The van der Waals surface area contributed by atoms with Crippen LogP contribution in [-0.4, -0.2) is 54.6 Å². The van der Waals surface area contributed by atoms with E-state index in [4.69, 9.17) is 5.73 Å². The van der Waals surface area contributed by atoms with E-state index in [0.29, 0.717) is 6.04 Å². The van der Waals surface area contributed by atoms with E-state index in [1.54, 1.807) is 0 Å². The number of piperazine rings is 1. The molecule has 1 heterocycles. The van der Waals surface area contributed by atoms with E-state index in [1.807, 2.05) is 0 Å². The van der Waals surface area contributed by atoms with Crippen LogP contribution >= 0.6 is 0 Å². The Morgan fingerprint density at radius 2 is 1.65 bits per heavy atom. The van der Waals surface area contributed by atoms with Gasteiger partial charge in [0.2, 0.25) is 0 Å². The van der Waals surface area contributed by atoms with Gasteiger partial charge in [-0.15, -0.1) is 0 Å². The van der Waals surface area contributed by atoms with Gasteiger partial charge in [0.05, 0.1) is 0 Å². The van der Waals surface area contributed by atoms with E-state index in [1.165, 1.54) is 39.1 Å². The van der Waals surface area contributed by atoms with Crippen LogP contribution in [0, 0.1) is 5.41 Å². The quantitative estimate of drug-likeness (QED) is 0.814. The number of rotatable bonds is 4. The van der Waals surface area contributed by atoms with Gasteiger partial charge < -0.3 is 10.6 Å². The van der Waals surface area contributed by atoms with Gasteiger partial charge in [-0.1, -0.05) is 27.7 Å². The molecule has 2 N–H and O–H groups in total. The third-order valence-corrected chi connectivity index (χ3v) is 3.73. The third-order valence-electron chi connectivity index (χ3n) is 3.73. The lowest BCUT2D eigenvalue weighted by molar-refractivity contribution is 0.0348. The standard InChI is InChI=1S/C14H31N3/c1-6-7-16-8-10-17(11-9-16)13(12(2)15)14(3,4)5/h12-13H,6-11,15H2,1-5H3. The summed E-state index contributed by atoms with van der Waals surface area (Å²) in [6.07, 6.45) is 1.26. The fraction of sp³-hybridized carbons (Fsp3) is 1.00. The van der Waals surface area contributed by atoms with Gasteiger partial charge in [0.15, 0.2) is 0 Å². The lowest BCUT2D eigenvalue weighted by Crippen LogP contribution is -2.59. The maximum atomic E-state index is 6.19. The first-order valence-corrected chi connectivity index (χ1v) is 7.08. The predicted molar refractivity (Wildman–Crippen MR) is 75.2 cm³/mol. The Morgan fingerprint density at radius 3 is 2.00 bits per heavy atom. The van der Waals surface area contributed by atoms with Crippen molar-refractivity contribution in [1.29, 1.82) is 0 Å². The van der Waals surface area contributed by atoms with Crippen LogP contribution in [0.5, 0.6) is 0 Å². The summed E-state index contributed by atoms with van der Waals surface area (Å²) in [4.78, 5) is 5.16. The zero-order chi connectivity index (χ0) is 13.1. The van der Waals surface area contributed by atoms with Crippen LogP contribution in [-0.2, 0) is 0 Å². The molecule has 0 bridgehead atoms. The highest BCUT2D eigenvalue weighted by Gasteiger charge is 2.34. The molecular formula is C14H31N3. The maximum absolute atomic E-state index is 6.19. The Balaban J connectivity index is 2.56. The molecule has 3 heteroatoms. The van der Waals surface area contributed by atoms with E-state index < -0.39 is 0 Å². The van der Waals surface area contributed by atoms with Gasteiger partial charge in [0.25, 0.3) is 0 Å². The van der Waals surface area contributed by atoms with Crippen LogP contribution in [0.25, 0.3) is 0 Å². The number of hydrogen-bond acceptors (Lipinski definition) is 3. The summed E-state index contributed by atoms with van der Waals surface area (Å²) >= 11 is 0. The van der Waals surface area contributed by atoms with E-state index >= 15 is 0 Å². The van der Waals surface area contributed by atoms with Crippen molar-refractivity contribution >= 4 is 0 Å². The molecular weight excluding hydrogens is 210 g/mol. The van der Waals surface area contributed by atoms with Gasteiger partial charge in [-0.05, 0) is 25.3 Å². The summed E-state index contributed by atoms with van der Waals surface area (Å²) in [7, 11) is 0. The minimum Gasteiger partial charge on any atom is -0.327 e. The number of hydrogen-bond donors (Lipinski definition) is 1. The van der Waals surface area contributed by atoms with Crippen LogP contribution in [0.1, 0.15) is 41.0 Å². The molecule has 2 unspecified atom stereocenters. The topological polar surface area (TPSA) is 32.5 Å². The van der Waals surface area contributed by atoms with Crippen molar-refractivity contribution in [2.24, 2.45) is 11.1 Å². The summed E-state index contributed by atoms with van der Waals surface area (Å²) in [5.41, 5.74) is 6.46. The molecule has 102 valence electrons. The molecule has 0 aromatic carbocycles. The molecule has 3 nitrogen and oxygen atoms in total. The minimum atomic E-state index is 0.243. The summed E-state index contributed by atoms with van der Waals surface area (Å²) in [5.74, 6) is 0. The summed E-state index contributed by atoms with van der Waals surface area (Å²) < 4.78 is 0. The van der Waals surface area contributed by atoms with E-state index in [0.717, 1.165) is 0 Å². The first-order chi connectivity index (χ1) is 7.86. The van der Waals surface area contributed by atoms with Crippen LogP contribution in [0.2, 0.25) is 0 Å². The van der Waals surface area contributed by atoms with Crippen molar-refractivity contribution in [2.45, 2.75) is 53.1 Å². The van der Waals surface area contributed by atoms with Gasteiger partial charge >= 0.3 is 0 Å². The Bertz CT molecular complexity index is 212. The molecule has 1 rings (SSSR count). The third kappa shape index (κ3) is 4.23. The van der Waals surface area contributed by atoms with Crippen LogP contribution in [0.3, 0.4) is 0 Å². The highest BCUT2D eigenvalue weighted by molar-refractivity contribution is 4.91. The molecule has 0 aromatic rings. The van der Waals surface area contributed by atoms with E-state index in [-0.39, 0.29) is 11.5 Å². The SMILES string of the molecule is CCCN1CCN(C(C(C)N)C(C)(C)C)CC1. The van der Waals surface area contributed by atoms with Crippen molar-refractivity contribution in [3.63, 3.8) is 0 Å². The van der Waals surface area contributed by atoms with E-state index in [9.17, 15) is 0 Å². The molecule has 0 spiro atoms. The lowest BCUT2D eigenvalue weighted by Gasteiger charge is -2.46. The van der Waals surface area contributed by atoms with E-state index in [2.05, 4.69) is 44.4 Å². The van der Waals surface area contributed by atoms with Gasteiger partial charge in [0, 0.05) is 38.3 Å². The molecule has 1 aliphatic rings. The van der Waals surface area contributed by atoms with Crippen molar-refractivity contribution in [2.75, 3.05) is 32.7 Å². The number of nitrogens with two attached hydrogens (primary N) is 1. The molecule has 17 heavy (non-hydrogen) atoms. The van der Waals surface area contributed by atoms with Crippen LogP contribution in [0.15, 0.2) is 0 Å². The smallest absolute Gasteiger partial charge is 0.0293 e. The molecule has 0 aliphatic carbocycles. The highest BCUT2D eigenvalue weighted by atomic mass is 15.3. The van der Waals surface area contributed by atoms with Crippen molar-refractivity contribution < 1.29 is 0 Å². The van der Waals surface area contributed by atoms with Gasteiger partial charge in [-0.3, -0.25) is 4.90 Å². The summed E-state index contributed by atoms with van der Waals surface area (Å²) in [5, 5.41) is 0. The minimum absolute atomic E-state index is 0.243. The maximum Gasteiger partial charge on any atom is 0.0293 e. The second kappa shape index (κ2) is 6.17. The second-order valence-electron chi connectivity index (χ2n) is 6.55. The largest absolute Gasteiger partial charge is 0.327 e. The first kappa shape index (κ1) is 14.9. The molecule has 0 saturated carbocycles. The Labute approximate surface area is 107 Å². The average molecular weight is 241 g/mol. The highest BCUT2D eigenvalue weighted by Crippen LogP contribution is 2.27. The molecule has 0 aromatic heterocycles. The van der Waals surface area contributed by atoms with Gasteiger partial charge in [-0.25, -0.2) is 0 Å². The molecule has 1 saturated heterocycles. The zero-order valence-electron chi connectivity index (χ0n) is 12.4. The molecule has 0 radical (unpaired) electrons. The Morgan fingerprint density at radius 1 is 1.12 bits per heavy atom. The monoisotopic (exact) mass is 241 g/mol. The normalized spacial score (nSPS) is 23.6. The van der Waals surface area contributed by atoms with Crippen LogP contribution < -0.4 is 5.73 Å². The number of nitrogens with zero attached hydrogens (tertiary/aromatic N) is 2.